The summed E-state index contributed by atoms with van der Waals surface area (Å²) in [6.07, 6.45) is 1.79. The molecule has 2 aromatic heterocycles. The molecule has 4 rings (SSSR count). The maximum atomic E-state index is 10.7. The molecule has 0 radical (unpaired) electrons. The lowest BCUT2D eigenvalue weighted by molar-refractivity contribution is -0.384. The molecule has 9 nitrogen and oxygen atoms in total. The third kappa shape index (κ3) is 3.18. The van der Waals surface area contributed by atoms with E-state index >= 15 is 0 Å². The molecule has 1 aliphatic rings. The molecule has 0 spiro atoms. The van der Waals surface area contributed by atoms with Gasteiger partial charge < -0.3 is 14.2 Å². The second-order valence-electron chi connectivity index (χ2n) is 5.86. The van der Waals surface area contributed by atoms with E-state index in [2.05, 4.69) is 20.1 Å². The Morgan fingerprint density at radius 3 is 2.35 bits per heavy atom. The number of benzene rings is 1. The van der Waals surface area contributed by atoms with Crippen LogP contribution in [-0.2, 0) is 0 Å². The molecule has 1 fully saturated rings. The van der Waals surface area contributed by atoms with Crippen LogP contribution in [0.5, 0.6) is 0 Å². The highest BCUT2D eigenvalue weighted by molar-refractivity contribution is 5.56. The average Bonchev–Trinajstić information content (AvgIpc) is 3.19. The first-order chi connectivity index (χ1) is 12.7. The van der Waals surface area contributed by atoms with Crippen molar-refractivity contribution in [1.82, 2.24) is 15.2 Å². The number of hydrogen-bond acceptors (Lipinski definition) is 8. The molecule has 3 heterocycles. The third-order valence-electron chi connectivity index (χ3n) is 4.26. The summed E-state index contributed by atoms with van der Waals surface area (Å²) in [5.41, 5.74) is 0.681. The first kappa shape index (κ1) is 16.0. The first-order valence-electron chi connectivity index (χ1n) is 8.20. The maximum absolute atomic E-state index is 10.7. The zero-order chi connectivity index (χ0) is 17.9. The Hall–Kier alpha value is -3.49. The highest BCUT2D eigenvalue weighted by atomic mass is 16.6. The van der Waals surface area contributed by atoms with E-state index in [4.69, 9.17) is 4.42 Å². The van der Waals surface area contributed by atoms with Gasteiger partial charge in [0.05, 0.1) is 4.92 Å². The van der Waals surface area contributed by atoms with Crippen LogP contribution >= 0.6 is 0 Å². The fourth-order valence-electron chi connectivity index (χ4n) is 2.85. The lowest BCUT2D eigenvalue weighted by atomic mass is 10.2. The van der Waals surface area contributed by atoms with Gasteiger partial charge in [-0.25, -0.2) is 4.98 Å². The van der Waals surface area contributed by atoms with Crippen LogP contribution in [0.25, 0.3) is 11.5 Å². The Morgan fingerprint density at radius 2 is 1.69 bits per heavy atom. The number of hydrogen-bond donors (Lipinski definition) is 0. The van der Waals surface area contributed by atoms with Crippen molar-refractivity contribution in [2.45, 2.75) is 0 Å². The number of aromatic nitrogens is 3. The molecule has 0 aliphatic carbocycles. The molecule has 1 aliphatic heterocycles. The molecule has 1 saturated heterocycles. The number of non-ortho nitro benzene ring substituents is 1. The minimum absolute atomic E-state index is 0.0270. The summed E-state index contributed by atoms with van der Waals surface area (Å²) in [6, 6.07) is 12.4. The molecule has 0 bridgehead atoms. The van der Waals surface area contributed by atoms with Gasteiger partial charge in [0.1, 0.15) is 5.82 Å². The predicted molar refractivity (Wildman–Crippen MR) is 95.1 cm³/mol. The van der Waals surface area contributed by atoms with Crippen molar-refractivity contribution in [3.05, 3.63) is 58.8 Å². The number of piperazine rings is 1. The van der Waals surface area contributed by atoms with Gasteiger partial charge in [-0.15, -0.1) is 5.10 Å². The van der Waals surface area contributed by atoms with E-state index in [0.29, 0.717) is 17.5 Å². The van der Waals surface area contributed by atoms with Gasteiger partial charge in [0.15, 0.2) is 0 Å². The minimum atomic E-state index is -0.440. The molecular formula is C17H16N6O3. The molecule has 132 valence electrons. The summed E-state index contributed by atoms with van der Waals surface area (Å²) in [5.74, 6) is 1.31. The van der Waals surface area contributed by atoms with Crippen LogP contribution in [0, 0.1) is 10.1 Å². The monoisotopic (exact) mass is 352 g/mol. The van der Waals surface area contributed by atoms with Crippen LogP contribution in [0.15, 0.2) is 53.1 Å². The number of nitrogens with zero attached hydrogens (tertiary/aromatic N) is 6. The molecule has 0 amide bonds. The van der Waals surface area contributed by atoms with E-state index in [1.54, 1.807) is 18.3 Å². The highest BCUT2D eigenvalue weighted by Crippen LogP contribution is 2.25. The third-order valence-corrected chi connectivity index (χ3v) is 4.26. The minimum Gasteiger partial charge on any atom is -0.403 e. The standard InChI is InChI=1S/C17H16N6O3/c24-23(25)14-6-4-13(5-7-14)16-19-20-17(26-16)22-11-9-21(10-12-22)15-3-1-2-8-18-15/h1-8H,9-12H2. The molecular weight excluding hydrogens is 336 g/mol. The summed E-state index contributed by atoms with van der Waals surface area (Å²) < 4.78 is 5.75. The van der Waals surface area contributed by atoms with Gasteiger partial charge in [-0.05, 0) is 24.3 Å². The molecule has 0 atom stereocenters. The molecule has 3 aromatic rings. The van der Waals surface area contributed by atoms with Crippen molar-refractivity contribution in [2.75, 3.05) is 36.0 Å². The van der Waals surface area contributed by atoms with Crippen LogP contribution in [0.4, 0.5) is 17.5 Å². The highest BCUT2D eigenvalue weighted by Gasteiger charge is 2.22. The molecule has 1 aromatic carbocycles. The van der Waals surface area contributed by atoms with Crippen molar-refractivity contribution >= 4 is 17.5 Å². The van der Waals surface area contributed by atoms with E-state index in [1.807, 2.05) is 23.1 Å². The van der Waals surface area contributed by atoms with E-state index in [1.165, 1.54) is 12.1 Å². The van der Waals surface area contributed by atoms with Gasteiger partial charge in [0.2, 0.25) is 5.89 Å². The Labute approximate surface area is 149 Å². The Bertz CT molecular complexity index is 888. The van der Waals surface area contributed by atoms with Gasteiger partial charge in [-0.1, -0.05) is 11.2 Å². The topological polar surface area (TPSA) is 101 Å². The van der Waals surface area contributed by atoms with E-state index < -0.39 is 4.92 Å². The van der Waals surface area contributed by atoms with E-state index in [0.717, 1.165) is 32.0 Å². The zero-order valence-corrected chi connectivity index (χ0v) is 13.9. The number of pyridine rings is 1. The van der Waals surface area contributed by atoms with Gasteiger partial charge >= 0.3 is 6.01 Å². The Balaban J connectivity index is 1.43. The van der Waals surface area contributed by atoms with Crippen molar-refractivity contribution in [3.8, 4) is 11.5 Å². The Kier molecular flexibility index (Phi) is 4.18. The average molecular weight is 352 g/mol. The normalized spacial score (nSPS) is 14.5. The second-order valence-corrected chi connectivity index (χ2v) is 5.86. The SMILES string of the molecule is O=[N+]([O-])c1ccc(-c2nnc(N3CCN(c4ccccn4)CC3)o2)cc1. The number of nitro benzene ring substituents is 1. The quantitative estimate of drug-likeness (QED) is 0.521. The van der Waals surface area contributed by atoms with Gasteiger partial charge in [0.25, 0.3) is 5.69 Å². The molecule has 0 unspecified atom stereocenters. The van der Waals surface area contributed by atoms with Crippen LogP contribution < -0.4 is 9.80 Å². The number of nitro groups is 1. The van der Waals surface area contributed by atoms with Crippen LogP contribution in [-0.4, -0.2) is 46.3 Å². The molecule has 26 heavy (non-hydrogen) atoms. The number of rotatable bonds is 4. The van der Waals surface area contributed by atoms with Crippen LogP contribution in [0.1, 0.15) is 0 Å². The fourth-order valence-corrected chi connectivity index (χ4v) is 2.85. The predicted octanol–water partition coefficient (Wildman–Crippen LogP) is 2.37. The van der Waals surface area contributed by atoms with Crippen molar-refractivity contribution < 1.29 is 9.34 Å². The smallest absolute Gasteiger partial charge is 0.318 e. The van der Waals surface area contributed by atoms with Crippen molar-refractivity contribution in [3.63, 3.8) is 0 Å². The summed E-state index contributed by atoms with van der Waals surface area (Å²) in [5, 5.41) is 18.9. The van der Waals surface area contributed by atoms with Crippen LogP contribution in [0.3, 0.4) is 0 Å². The summed E-state index contributed by atoms with van der Waals surface area (Å²) in [4.78, 5) is 18.9. The largest absolute Gasteiger partial charge is 0.403 e. The maximum Gasteiger partial charge on any atom is 0.318 e. The van der Waals surface area contributed by atoms with Crippen molar-refractivity contribution in [1.29, 1.82) is 0 Å². The van der Waals surface area contributed by atoms with E-state index in [-0.39, 0.29) is 5.69 Å². The van der Waals surface area contributed by atoms with E-state index in [9.17, 15) is 10.1 Å². The molecule has 0 saturated carbocycles. The summed E-state index contributed by atoms with van der Waals surface area (Å²) >= 11 is 0. The van der Waals surface area contributed by atoms with Gasteiger partial charge in [-0.2, -0.15) is 0 Å². The van der Waals surface area contributed by atoms with Crippen molar-refractivity contribution in [2.24, 2.45) is 0 Å². The lowest BCUT2D eigenvalue weighted by Gasteiger charge is -2.34. The summed E-state index contributed by atoms with van der Waals surface area (Å²) in [7, 11) is 0. The van der Waals surface area contributed by atoms with Gasteiger partial charge in [0, 0.05) is 50.1 Å². The molecule has 0 N–H and O–H groups in total. The lowest BCUT2D eigenvalue weighted by Crippen LogP contribution is -2.47. The molecule has 9 heteroatoms. The van der Waals surface area contributed by atoms with Gasteiger partial charge in [-0.3, -0.25) is 10.1 Å². The fraction of sp³-hybridized carbons (Fsp3) is 0.235. The van der Waals surface area contributed by atoms with Crippen LogP contribution in [0.2, 0.25) is 0 Å². The first-order valence-corrected chi connectivity index (χ1v) is 8.20. The summed E-state index contributed by atoms with van der Waals surface area (Å²) in [6.45, 7) is 3.12. The zero-order valence-electron chi connectivity index (χ0n) is 13.9. The second kappa shape index (κ2) is 6.79. The number of anilines is 2. The Morgan fingerprint density at radius 1 is 0.962 bits per heavy atom.